The van der Waals surface area contributed by atoms with Crippen LogP contribution in [-0.2, 0) is 0 Å². The zero-order valence-electron chi connectivity index (χ0n) is 12.8. The summed E-state index contributed by atoms with van der Waals surface area (Å²) in [4.78, 5) is 0. The van der Waals surface area contributed by atoms with Gasteiger partial charge in [-0.2, -0.15) is 0 Å². The van der Waals surface area contributed by atoms with Crippen molar-refractivity contribution in [1.82, 2.24) is 5.32 Å². The molecule has 0 bridgehead atoms. The Morgan fingerprint density at radius 2 is 2.00 bits per heavy atom. The zero-order valence-corrected chi connectivity index (χ0v) is 12.8. The fraction of sp³-hybridized carbons (Fsp3) is 0.647. The summed E-state index contributed by atoms with van der Waals surface area (Å²) >= 11 is 0. The highest BCUT2D eigenvalue weighted by atomic mass is 19.1. The first-order valence-corrected chi connectivity index (χ1v) is 7.67. The number of hydrogen-bond donors (Lipinski definition) is 1. The third kappa shape index (κ3) is 3.95. The number of hydrogen-bond acceptors (Lipinski definition) is 2. The van der Waals surface area contributed by atoms with Crippen molar-refractivity contribution in [3.05, 3.63) is 29.6 Å². The van der Waals surface area contributed by atoms with Crippen LogP contribution < -0.4 is 10.1 Å². The van der Waals surface area contributed by atoms with Gasteiger partial charge in [0.05, 0.1) is 7.11 Å². The Morgan fingerprint density at radius 1 is 1.30 bits per heavy atom. The molecule has 1 fully saturated rings. The first-order chi connectivity index (χ1) is 9.60. The average molecular weight is 279 g/mol. The lowest BCUT2D eigenvalue weighted by Crippen LogP contribution is -2.28. The van der Waals surface area contributed by atoms with Crippen molar-refractivity contribution >= 4 is 0 Å². The van der Waals surface area contributed by atoms with E-state index in [1.54, 1.807) is 7.11 Å². The van der Waals surface area contributed by atoms with Gasteiger partial charge in [0.15, 0.2) is 0 Å². The van der Waals surface area contributed by atoms with E-state index in [0.29, 0.717) is 5.75 Å². The monoisotopic (exact) mass is 279 g/mol. The predicted octanol–water partition coefficient (Wildman–Crippen LogP) is 4.31. The van der Waals surface area contributed by atoms with Crippen LogP contribution in [0.5, 0.6) is 5.75 Å². The first kappa shape index (κ1) is 15.3. The molecule has 1 aliphatic carbocycles. The van der Waals surface area contributed by atoms with Crippen molar-refractivity contribution in [2.24, 2.45) is 11.8 Å². The maximum Gasteiger partial charge on any atom is 0.131 e. The summed E-state index contributed by atoms with van der Waals surface area (Å²) in [5.41, 5.74) is 0.718. The highest BCUT2D eigenvalue weighted by Crippen LogP contribution is 2.28. The minimum Gasteiger partial charge on any atom is -0.497 e. The molecule has 0 aliphatic heterocycles. The first-order valence-electron chi connectivity index (χ1n) is 7.67. The zero-order chi connectivity index (χ0) is 14.5. The van der Waals surface area contributed by atoms with Gasteiger partial charge >= 0.3 is 0 Å². The van der Waals surface area contributed by atoms with E-state index in [-0.39, 0.29) is 11.9 Å². The Bertz CT molecular complexity index is 427. The summed E-state index contributed by atoms with van der Waals surface area (Å²) in [6, 6.07) is 5.13. The van der Waals surface area contributed by atoms with E-state index in [0.717, 1.165) is 23.9 Å². The molecule has 1 unspecified atom stereocenters. The standard InChI is InChI=1S/C17H26FNO/c1-12-4-6-14(7-5-12)11-19-13(2)16-9-8-15(20-3)10-17(16)18/h8-10,12-14,19H,4-7,11H2,1-3H3. The average Bonchev–Trinajstić information content (AvgIpc) is 2.46. The van der Waals surface area contributed by atoms with E-state index >= 15 is 0 Å². The van der Waals surface area contributed by atoms with E-state index in [1.807, 2.05) is 19.1 Å². The van der Waals surface area contributed by atoms with Gasteiger partial charge in [0, 0.05) is 17.7 Å². The van der Waals surface area contributed by atoms with Crippen molar-refractivity contribution in [3.63, 3.8) is 0 Å². The van der Waals surface area contributed by atoms with Gasteiger partial charge in [-0.25, -0.2) is 4.39 Å². The van der Waals surface area contributed by atoms with Crippen molar-refractivity contribution in [3.8, 4) is 5.75 Å². The van der Waals surface area contributed by atoms with Gasteiger partial charge in [0.1, 0.15) is 11.6 Å². The lowest BCUT2D eigenvalue weighted by molar-refractivity contribution is 0.275. The molecule has 3 heteroatoms. The SMILES string of the molecule is COc1ccc(C(C)NCC2CCC(C)CC2)c(F)c1. The maximum atomic E-state index is 14.0. The van der Waals surface area contributed by atoms with E-state index in [4.69, 9.17) is 4.74 Å². The van der Waals surface area contributed by atoms with Crippen LogP contribution in [0.2, 0.25) is 0 Å². The van der Waals surface area contributed by atoms with Crippen LogP contribution in [0, 0.1) is 17.7 Å². The van der Waals surface area contributed by atoms with Crippen LogP contribution in [0.15, 0.2) is 18.2 Å². The molecule has 2 nitrogen and oxygen atoms in total. The molecular formula is C17H26FNO. The van der Waals surface area contributed by atoms with Crippen molar-refractivity contribution < 1.29 is 9.13 Å². The van der Waals surface area contributed by atoms with Crippen molar-refractivity contribution in [2.75, 3.05) is 13.7 Å². The lowest BCUT2D eigenvalue weighted by Gasteiger charge is -2.27. The molecule has 1 aromatic rings. The molecule has 2 rings (SSSR count). The molecule has 1 aromatic carbocycles. The molecule has 20 heavy (non-hydrogen) atoms. The van der Waals surface area contributed by atoms with Crippen LogP contribution in [0.4, 0.5) is 4.39 Å². The second-order valence-corrected chi connectivity index (χ2v) is 6.14. The number of ether oxygens (including phenoxy) is 1. The van der Waals surface area contributed by atoms with Crippen LogP contribution in [0.3, 0.4) is 0 Å². The summed E-state index contributed by atoms with van der Waals surface area (Å²) < 4.78 is 19.0. The molecule has 0 heterocycles. The normalized spacial score (nSPS) is 24.4. The van der Waals surface area contributed by atoms with Gasteiger partial charge in [-0.3, -0.25) is 0 Å². The highest BCUT2D eigenvalue weighted by Gasteiger charge is 2.19. The molecule has 0 saturated heterocycles. The van der Waals surface area contributed by atoms with Crippen LogP contribution in [0.25, 0.3) is 0 Å². The minimum atomic E-state index is -0.193. The molecule has 1 aliphatic rings. The second kappa shape index (κ2) is 7.07. The van der Waals surface area contributed by atoms with Gasteiger partial charge in [0.25, 0.3) is 0 Å². The Labute approximate surface area is 121 Å². The van der Waals surface area contributed by atoms with E-state index in [9.17, 15) is 4.39 Å². The van der Waals surface area contributed by atoms with Gasteiger partial charge in [0.2, 0.25) is 0 Å². The number of benzene rings is 1. The molecule has 1 N–H and O–H groups in total. The summed E-state index contributed by atoms with van der Waals surface area (Å²) in [6.07, 6.45) is 5.26. The van der Waals surface area contributed by atoms with E-state index in [2.05, 4.69) is 12.2 Å². The Morgan fingerprint density at radius 3 is 2.60 bits per heavy atom. The number of rotatable bonds is 5. The number of methoxy groups -OCH3 is 1. The summed E-state index contributed by atoms with van der Waals surface area (Å²) in [6.45, 7) is 5.34. The van der Waals surface area contributed by atoms with Gasteiger partial charge < -0.3 is 10.1 Å². The molecule has 0 spiro atoms. The van der Waals surface area contributed by atoms with E-state index < -0.39 is 0 Å². The van der Waals surface area contributed by atoms with Gasteiger partial charge in [-0.05, 0) is 44.2 Å². The Balaban J connectivity index is 1.87. The van der Waals surface area contributed by atoms with Gasteiger partial charge in [-0.1, -0.05) is 25.8 Å². The topological polar surface area (TPSA) is 21.3 Å². The fourth-order valence-corrected chi connectivity index (χ4v) is 2.97. The molecule has 0 radical (unpaired) electrons. The minimum absolute atomic E-state index is 0.0419. The molecule has 1 atom stereocenters. The van der Waals surface area contributed by atoms with Gasteiger partial charge in [-0.15, -0.1) is 0 Å². The summed E-state index contributed by atoms with van der Waals surface area (Å²) in [5.74, 6) is 2.00. The molecule has 112 valence electrons. The third-order valence-electron chi connectivity index (χ3n) is 4.52. The Hall–Kier alpha value is -1.09. The fourth-order valence-electron chi connectivity index (χ4n) is 2.97. The quantitative estimate of drug-likeness (QED) is 0.867. The number of halogens is 1. The molecule has 0 aromatic heterocycles. The van der Waals surface area contributed by atoms with E-state index in [1.165, 1.54) is 31.7 Å². The number of nitrogens with one attached hydrogen (secondary N) is 1. The summed E-state index contributed by atoms with van der Waals surface area (Å²) in [5, 5.41) is 3.48. The third-order valence-corrected chi connectivity index (χ3v) is 4.52. The smallest absolute Gasteiger partial charge is 0.131 e. The molecular weight excluding hydrogens is 253 g/mol. The van der Waals surface area contributed by atoms with Crippen LogP contribution in [-0.4, -0.2) is 13.7 Å². The van der Waals surface area contributed by atoms with Crippen LogP contribution in [0.1, 0.15) is 51.1 Å². The largest absolute Gasteiger partial charge is 0.497 e. The molecule has 1 saturated carbocycles. The predicted molar refractivity (Wildman–Crippen MR) is 80.5 cm³/mol. The lowest BCUT2D eigenvalue weighted by atomic mass is 9.83. The maximum absolute atomic E-state index is 14.0. The van der Waals surface area contributed by atoms with Crippen molar-refractivity contribution in [2.45, 2.75) is 45.6 Å². The second-order valence-electron chi connectivity index (χ2n) is 6.14. The van der Waals surface area contributed by atoms with Crippen molar-refractivity contribution in [1.29, 1.82) is 0 Å². The Kier molecular flexibility index (Phi) is 5.41. The highest BCUT2D eigenvalue weighted by molar-refractivity contribution is 5.30. The molecule has 0 amide bonds. The summed E-state index contributed by atoms with van der Waals surface area (Å²) in [7, 11) is 1.56. The van der Waals surface area contributed by atoms with Crippen LogP contribution >= 0.6 is 0 Å².